The van der Waals surface area contributed by atoms with E-state index in [2.05, 4.69) is 10.2 Å². The number of benzene rings is 2. The topological polar surface area (TPSA) is 143 Å². The highest BCUT2D eigenvalue weighted by Crippen LogP contribution is 2.31. The maximum absolute atomic E-state index is 14.0. The van der Waals surface area contributed by atoms with Gasteiger partial charge in [0.25, 0.3) is 5.91 Å². The van der Waals surface area contributed by atoms with Gasteiger partial charge in [-0.05, 0) is 79.6 Å². The number of carboxylic acid groups (broad SMARTS) is 1. The van der Waals surface area contributed by atoms with Crippen LogP contribution < -0.4 is 10.8 Å². The number of piperidine rings is 1. The standard InChI is InChI=1S/C36H48BN5O7/c37-29-21-25(7-10-31(29)43)22-32(34(46)40-19-17-39(18-20-40)27-8-5-24(6-9-27)23-33(44)45)49-36(48)41-14-12-28(13-15-41)42-16-11-26-3-1-2-4-30(26)38-35(42)47/h1-4,7,10,21,24,27-28,32,43H,5-6,8-9,11-20,22-23,37H2,(H,38,47)(H,44,45)/t24?,27?,32-/m1/s1. The van der Waals surface area contributed by atoms with Gasteiger partial charge in [-0.25, -0.2) is 9.59 Å². The molecule has 3 N–H and O–H groups in total. The van der Waals surface area contributed by atoms with Gasteiger partial charge >= 0.3 is 18.1 Å². The van der Waals surface area contributed by atoms with Gasteiger partial charge in [0.15, 0.2) is 6.10 Å². The number of aliphatic carboxylic acids is 1. The Morgan fingerprint density at radius 1 is 0.878 bits per heavy atom. The molecular formula is C36H48BN5O7. The van der Waals surface area contributed by atoms with Gasteiger partial charge in [0.2, 0.25) is 0 Å². The molecule has 3 fully saturated rings. The predicted octanol–water partition coefficient (Wildman–Crippen LogP) is 2.43. The molecule has 2 saturated heterocycles. The van der Waals surface area contributed by atoms with Crippen molar-refractivity contribution in [2.75, 3.05) is 51.1 Å². The number of aromatic hydroxyl groups is 1. The Morgan fingerprint density at radius 2 is 1.59 bits per heavy atom. The first-order valence-electron chi connectivity index (χ1n) is 17.8. The number of carbonyl (C=O) groups is 4. The van der Waals surface area contributed by atoms with E-state index in [1.54, 1.807) is 29.8 Å². The molecule has 49 heavy (non-hydrogen) atoms. The first-order chi connectivity index (χ1) is 23.6. The van der Waals surface area contributed by atoms with E-state index in [-0.39, 0.29) is 42.5 Å². The molecule has 13 heteroatoms. The lowest BCUT2D eigenvalue weighted by Gasteiger charge is -2.42. The number of nitrogens with zero attached hydrogens (tertiary/aromatic N) is 4. The summed E-state index contributed by atoms with van der Waals surface area (Å²) in [7, 11) is 1.80. The number of carboxylic acids is 1. The maximum Gasteiger partial charge on any atom is 0.410 e. The molecule has 4 amide bonds. The second kappa shape index (κ2) is 15.5. The molecule has 0 spiro atoms. The Balaban J connectivity index is 1.05. The normalized spacial score (nSPS) is 22.9. The van der Waals surface area contributed by atoms with Crippen LogP contribution in [0.1, 0.15) is 56.1 Å². The largest absolute Gasteiger partial charge is 0.509 e. The fourth-order valence-electron chi connectivity index (χ4n) is 8.00. The Morgan fingerprint density at radius 3 is 2.29 bits per heavy atom. The lowest BCUT2D eigenvalue weighted by Crippen LogP contribution is -2.55. The zero-order valence-electron chi connectivity index (χ0n) is 28.4. The number of carbonyl (C=O) groups excluding carboxylic acids is 3. The number of phenols is 1. The number of hydrogen-bond donors (Lipinski definition) is 3. The third-order valence-corrected chi connectivity index (χ3v) is 10.9. The number of ether oxygens (including phenoxy) is 1. The van der Waals surface area contributed by atoms with Crippen molar-refractivity contribution in [2.24, 2.45) is 5.92 Å². The third kappa shape index (κ3) is 8.49. The van der Waals surface area contributed by atoms with Crippen LogP contribution >= 0.6 is 0 Å². The number of hydrogen-bond acceptors (Lipinski definition) is 7. The van der Waals surface area contributed by atoms with Crippen molar-refractivity contribution in [2.45, 2.75) is 76.0 Å². The molecule has 0 bridgehead atoms. The highest BCUT2D eigenvalue weighted by Gasteiger charge is 2.36. The van der Waals surface area contributed by atoms with E-state index in [0.29, 0.717) is 57.1 Å². The van der Waals surface area contributed by atoms with Crippen LogP contribution in [-0.2, 0) is 27.2 Å². The predicted molar refractivity (Wildman–Crippen MR) is 187 cm³/mol. The number of urea groups is 1. The van der Waals surface area contributed by atoms with Gasteiger partial charge in [-0.3, -0.25) is 14.5 Å². The summed E-state index contributed by atoms with van der Waals surface area (Å²) in [5, 5.41) is 22.2. The molecule has 262 valence electrons. The van der Waals surface area contributed by atoms with Crippen LogP contribution in [0.15, 0.2) is 42.5 Å². The molecule has 3 aliphatic heterocycles. The molecule has 0 unspecified atom stereocenters. The minimum atomic E-state index is -1.01. The number of likely N-dealkylation sites (tertiary alicyclic amines) is 1. The summed E-state index contributed by atoms with van der Waals surface area (Å²) in [5.74, 6) is -0.541. The number of phenolic OH excluding ortho intramolecular Hbond substituents is 1. The van der Waals surface area contributed by atoms with Gasteiger partial charge in [-0.15, -0.1) is 0 Å². The van der Waals surface area contributed by atoms with Crippen LogP contribution in [0, 0.1) is 5.92 Å². The molecule has 2 aromatic rings. The SMILES string of the molecule is Bc1cc(C[C@@H](OC(=O)N2CCC(N3CCc4ccccc4NC3=O)CC2)C(=O)N2CCN(C3CCC(CC(=O)O)CC3)CC2)ccc1O. The van der Waals surface area contributed by atoms with Crippen molar-refractivity contribution in [3.8, 4) is 5.75 Å². The highest BCUT2D eigenvalue weighted by molar-refractivity contribution is 6.34. The van der Waals surface area contributed by atoms with Crippen LogP contribution in [0.2, 0.25) is 0 Å². The minimum absolute atomic E-state index is 0.000669. The van der Waals surface area contributed by atoms with E-state index in [9.17, 15) is 24.3 Å². The number of nitrogens with one attached hydrogen (secondary N) is 1. The van der Waals surface area contributed by atoms with Crippen LogP contribution in [0.4, 0.5) is 15.3 Å². The minimum Gasteiger partial charge on any atom is -0.509 e. The Kier molecular flexibility index (Phi) is 11.0. The van der Waals surface area contributed by atoms with Gasteiger partial charge < -0.3 is 35.0 Å². The van der Waals surface area contributed by atoms with Crippen LogP contribution in [0.25, 0.3) is 0 Å². The molecule has 0 aromatic heterocycles. The van der Waals surface area contributed by atoms with Gasteiger partial charge in [0.1, 0.15) is 13.6 Å². The zero-order chi connectivity index (χ0) is 34.5. The van der Waals surface area contributed by atoms with Gasteiger partial charge in [-0.2, -0.15) is 0 Å². The lowest BCUT2D eigenvalue weighted by molar-refractivity contribution is -0.143. The Labute approximate surface area is 288 Å². The van der Waals surface area contributed by atoms with E-state index < -0.39 is 18.2 Å². The first-order valence-corrected chi connectivity index (χ1v) is 17.8. The smallest absolute Gasteiger partial charge is 0.410 e. The summed E-state index contributed by atoms with van der Waals surface area (Å²) < 4.78 is 6.01. The molecule has 2 aromatic carbocycles. The molecule has 3 heterocycles. The van der Waals surface area contributed by atoms with Crippen LogP contribution in [0.5, 0.6) is 5.75 Å². The van der Waals surface area contributed by atoms with Crippen molar-refractivity contribution in [3.63, 3.8) is 0 Å². The summed E-state index contributed by atoms with van der Waals surface area (Å²) in [6, 6.07) is 13.3. The number of amides is 4. The van der Waals surface area contributed by atoms with Crippen molar-refractivity contribution in [3.05, 3.63) is 53.6 Å². The van der Waals surface area contributed by atoms with E-state index in [1.165, 1.54) is 0 Å². The second-order valence-electron chi connectivity index (χ2n) is 14.1. The van der Waals surface area contributed by atoms with Crippen molar-refractivity contribution in [1.29, 1.82) is 0 Å². The van der Waals surface area contributed by atoms with E-state index >= 15 is 0 Å². The average Bonchev–Trinajstić information content (AvgIpc) is 3.27. The third-order valence-electron chi connectivity index (χ3n) is 10.9. The summed E-state index contributed by atoms with van der Waals surface area (Å²) in [5.41, 5.74) is 3.44. The van der Waals surface area contributed by atoms with Crippen molar-refractivity contribution < 1.29 is 34.1 Å². The molecule has 12 nitrogen and oxygen atoms in total. The number of para-hydroxylation sites is 1. The molecule has 1 atom stereocenters. The Hall–Kier alpha value is -4.26. The number of fused-ring (bicyclic) bond motifs is 1. The number of rotatable bonds is 8. The molecule has 6 rings (SSSR count). The fraction of sp³-hybridized carbons (Fsp3) is 0.556. The van der Waals surface area contributed by atoms with Gasteiger partial charge in [0, 0.05) is 76.4 Å². The highest BCUT2D eigenvalue weighted by atomic mass is 16.6. The molecule has 1 saturated carbocycles. The zero-order valence-corrected chi connectivity index (χ0v) is 28.4. The Bertz CT molecular complexity index is 1520. The molecule has 0 radical (unpaired) electrons. The molecule has 1 aliphatic carbocycles. The molecule has 4 aliphatic rings. The van der Waals surface area contributed by atoms with Gasteiger partial charge in [-0.1, -0.05) is 30.3 Å². The summed E-state index contributed by atoms with van der Waals surface area (Å²) in [6.45, 7) is 3.97. The first kappa shape index (κ1) is 34.6. The summed E-state index contributed by atoms with van der Waals surface area (Å²) in [6.07, 6.45) is 4.66. The lowest BCUT2D eigenvalue weighted by atomic mass is 9.83. The quantitative estimate of drug-likeness (QED) is 0.363. The van der Waals surface area contributed by atoms with Crippen molar-refractivity contribution in [1.82, 2.24) is 19.6 Å². The van der Waals surface area contributed by atoms with E-state index in [4.69, 9.17) is 9.84 Å². The maximum atomic E-state index is 14.0. The number of anilines is 1. The fourth-order valence-corrected chi connectivity index (χ4v) is 8.00. The van der Waals surface area contributed by atoms with Crippen molar-refractivity contribution >= 4 is 43.0 Å². The average molecular weight is 674 g/mol. The summed E-state index contributed by atoms with van der Waals surface area (Å²) >= 11 is 0. The molecular weight excluding hydrogens is 625 g/mol. The number of piperazine rings is 1. The van der Waals surface area contributed by atoms with E-state index in [0.717, 1.165) is 62.0 Å². The van der Waals surface area contributed by atoms with Crippen LogP contribution in [0.3, 0.4) is 0 Å². The van der Waals surface area contributed by atoms with Crippen LogP contribution in [-0.4, -0.2) is 126 Å². The monoisotopic (exact) mass is 673 g/mol. The summed E-state index contributed by atoms with van der Waals surface area (Å²) in [4.78, 5) is 59.5. The van der Waals surface area contributed by atoms with Gasteiger partial charge in [0.05, 0.1) is 0 Å². The second-order valence-corrected chi connectivity index (χ2v) is 14.1. The van der Waals surface area contributed by atoms with E-state index in [1.807, 2.05) is 35.2 Å².